The van der Waals surface area contributed by atoms with Gasteiger partial charge < -0.3 is 10.2 Å². The van der Waals surface area contributed by atoms with Gasteiger partial charge in [-0.3, -0.25) is 4.79 Å². The number of rotatable bonds is 3. The Kier molecular flexibility index (Phi) is 7.18. The van der Waals surface area contributed by atoms with Crippen molar-refractivity contribution in [1.82, 2.24) is 5.01 Å². The van der Waals surface area contributed by atoms with Gasteiger partial charge in [0.05, 0.1) is 18.0 Å². The van der Waals surface area contributed by atoms with Crippen LogP contribution >= 0.6 is 24.2 Å². The average molecular weight is 446 g/mol. The van der Waals surface area contributed by atoms with Crippen molar-refractivity contribution >= 4 is 41.5 Å². The Morgan fingerprint density at radius 2 is 1.97 bits per heavy atom. The molecule has 2 heterocycles. The van der Waals surface area contributed by atoms with Crippen LogP contribution in [0.4, 0.5) is 10.1 Å². The fourth-order valence-corrected chi connectivity index (χ4v) is 3.40. The number of halogens is 2. The van der Waals surface area contributed by atoms with Gasteiger partial charge in [-0.1, -0.05) is 36.7 Å². The van der Waals surface area contributed by atoms with Crippen LogP contribution in [0.3, 0.4) is 0 Å². The summed E-state index contributed by atoms with van der Waals surface area (Å²) in [5, 5.41) is 5.93. The number of nitrogen functional groups attached to an aromatic ring is 1. The van der Waals surface area contributed by atoms with Gasteiger partial charge in [-0.25, -0.2) is 9.40 Å². The van der Waals surface area contributed by atoms with Crippen LogP contribution in [-0.4, -0.2) is 22.4 Å². The Labute approximate surface area is 184 Å². The minimum absolute atomic E-state index is 0.120. The van der Waals surface area contributed by atoms with E-state index in [1.807, 2.05) is 19.1 Å². The molecule has 0 bridgehead atoms. The van der Waals surface area contributed by atoms with E-state index in [1.54, 1.807) is 30.3 Å². The monoisotopic (exact) mass is 445 g/mol. The highest BCUT2D eigenvalue weighted by Gasteiger charge is 2.37. The van der Waals surface area contributed by atoms with Crippen molar-refractivity contribution in [3.8, 4) is 0 Å². The van der Waals surface area contributed by atoms with Crippen molar-refractivity contribution in [1.29, 1.82) is 0 Å². The second kappa shape index (κ2) is 9.82. The first-order valence-electron chi connectivity index (χ1n) is 9.31. The second-order valence-corrected chi connectivity index (χ2v) is 7.51. The van der Waals surface area contributed by atoms with Crippen LogP contribution in [0.2, 0.25) is 5.02 Å². The van der Waals surface area contributed by atoms with E-state index in [0.29, 0.717) is 17.8 Å². The number of carbonyl (C=O) groups is 1. The van der Waals surface area contributed by atoms with Crippen LogP contribution < -0.4 is 5.73 Å². The number of furan rings is 1. The van der Waals surface area contributed by atoms with Crippen LogP contribution in [0.15, 0.2) is 70.4 Å². The summed E-state index contributed by atoms with van der Waals surface area (Å²) < 4.78 is 19.8. The summed E-state index contributed by atoms with van der Waals surface area (Å²) in [4.78, 5) is 12.9. The van der Waals surface area contributed by atoms with Crippen LogP contribution in [0.5, 0.6) is 0 Å². The normalized spacial score (nSPS) is 15.4. The number of nitrogens with zero attached hydrogens (tertiary/aromatic N) is 2. The topological polar surface area (TPSA) is 71.8 Å². The smallest absolute Gasteiger partial charge is 0.310 e. The van der Waals surface area contributed by atoms with Crippen LogP contribution in [0.1, 0.15) is 41.1 Å². The Morgan fingerprint density at radius 1 is 1.27 bits per heavy atom. The maximum atomic E-state index is 14.6. The number of anilines is 1. The highest BCUT2D eigenvalue weighted by atomic mass is 35.5. The molecule has 2 N–H and O–H groups in total. The highest BCUT2D eigenvalue weighted by Crippen LogP contribution is 2.38. The Balaban J connectivity index is 0.000000806. The Hall–Kier alpha value is -2.77. The molecule has 156 valence electrons. The SMILES string of the molecule is CCS.Nc1ccc(C2=NN(C(=O)c3ccco3)C(c3c(F)cccc3Cl)C2)cc1. The predicted octanol–water partition coefficient (Wildman–Crippen LogP) is 5.58. The zero-order chi connectivity index (χ0) is 21.7. The minimum atomic E-state index is -0.677. The number of carbonyl (C=O) groups excluding carboxylic acids is 1. The highest BCUT2D eigenvalue weighted by molar-refractivity contribution is 7.80. The number of hydrogen-bond acceptors (Lipinski definition) is 5. The van der Waals surface area contributed by atoms with E-state index in [1.165, 1.54) is 23.4 Å². The van der Waals surface area contributed by atoms with Gasteiger partial charge >= 0.3 is 5.91 Å². The molecule has 1 atom stereocenters. The van der Waals surface area contributed by atoms with E-state index in [2.05, 4.69) is 17.7 Å². The lowest BCUT2D eigenvalue weighted by Crippen LogP contribution is -2.27. The summed E-state index contributed by atoms with van der Waals surface area (Å²) in [6.07, 6.45) is 1.72. The molecule has 1 unspecified atom stereocenters. The lowest BCUT2D eigenvalue weighted by molar-refractivity contribution is 0.0676. The molecular weight excluding hydrogens is 425 g/mol. The Bertz CT molecular complexity index is 1020. The third kappa shape index (κ3) is 4.68. The molecule has 4 rings (SSSR count). The average Bonchev–Trinajstić information content (AvgIpc) is 3.39. The molecule has 0 fully saturated rings. The van der Waals surface area contributed by atoms with E-state index in [0.717, 1.165) is 11.3 Å². The zero-order valence-electron chi connectivity index (χ0n) is 16.3. The summed E-state index contributed by atoms with van der Waals surface area (Å²) in [6.45, 7) is 1.99. The molecule has 1 aromatic heterocycles. The minimum Gasteiger partial charge on any atom is -0.459 e. The lowest BCUT2D eigenvalue weighted by atomic mass is 9.97. The van der Waals surface area contributed by atoms with Crippen LogP contribution in [-0.2, 0) is 0 Å². The molecule has 5 nitrogen and oxygen atoms in total. The van der Waals surface area contributed by atoms with Gasteiger partial charge in [-0.05, 0) is 47.7 Å². The molecule has 0 radical (unpaired) electrons. The zero-order valence-corrected chi connectivity index (χ0v) is 17.9. The van der Waals surface area contributed by atoms with Crippen molar-refractivity contribution in [2.45, 2.75) is 19.4 Å². The maximum absolute atomic E-state index is 14.6. The number of hydrazone groups is 1. The van der Waals surface area contributed by atoms with Crippen molar-refractivity contribution < 1.29 is 13.6 Å². The number of benzene rings is 2. The molecule has 8 heteroatoms. The summed E-state index contributed by atoms with van der Waals surface area (Å²) in [7, 11) is 0. The molecule has 1 aliphatic heterocycles. The fourth-order valence-electron chi connectivity index (χ4n) is 3.11. The molecule has 30 heavy (non-hydrogen) atoms. The van der Waals surface area contributed by atoms with Crippen molar-refractivity contribution in [2.24, 2.45) is 5.10 Å². The maximum Gasteiger partial charge on any atom is 0.310 e. The summed E-state index contributed by atoms with van der Waals surface area (Å²) in [6, 6.07) is 14.0. The standard InChI is InChI=1S/C20H15ClFN3O2.C2H6S/c21-14-3-1-4-15(22)19(14)17-11-16(12-6-8-13(23)9-7-12)24-25(17)20(26)18-5-2-10-27-18;1-2-3/h1-10,17H,11,23H2;3H,2H2,1H3. The van der Waals surface area contributed by atoms with E-state index < -0.39 is 17.8 Å². The van der Waals surface area contributed by atoms with Crippen LogP contribution in [0, 0.1) is 5.82 Å². The molecule has 0 aliphatic carbocycles. The molecule has 1 aliphatic rings. The first kappa shape index (κ1) is 21.9. The van der Waals surface area contributed by atoms with Gasteiger partial charge in [0.2, 0.25) is 0 Å². The van der Waals surface area contributed by atoms with E-state index >= 15 is 0 Å². The summed E-state index contributed by atoms with van der Waals surface area (Å²) in [5.74, 6) is 0.114. The molecule has 2 aromatic carbocycles. The lowest BCUT2D eigenvalue weighted by Gasteiger charge is -2.22. The fraction of sp³-hybridized carbons (Fsp3) is 0.182. The summed E-state index contributed by atoms with van der Waals surface area (Å²) >= 11 is 10.0. The van der Waals surface area contributed by atoms with Crippen molar-refractivity contribution in [3.05, 3.63) is 88.6 Å². The van der Waals surface area contributed by atoms with Gasteiger partial charge in [0.1, 0.15) is 5.82 Å². The quantitative estimate of drug-likeness (QED) is 0.408. The van der Waals surface area contributed by atoms with Gasteiger partial charge in [0.15, 0.2) is 5.76 Å². The predicted molar refractivity (Wildman–Crippen MR) is 121 cm³/mol. The first-order valence-corrected chi connectivity index (χ1v) is 10.3. The molecule has 1 amide bonds. The van der Waals surface area contributed by atoms with Crippen LogP contribution in [0.25, 0.3) is 0 Å². The number of thiol groups is 1. The molecular formula is C22H21ClFN3O2S. The molecule has 0 saturated carbocycles. The van der Waals surface area contributed by atoms with Crippen molar-refractivity contribution in [2.75, 3.05) is 11.5 Å². The third-order valence-corrected chi connectivity index (χ3v) is 4.76. The largest absolute Gasteiger partial charge is 0.459 e. The second-order valence-electron chi connectivity index (χ2n) is 6.47. The molecule has 0 saturated heterocycles. The molecule has 0 spiro atoms. The molecule has 3 aromatic rings. The number of nitrogens with two attached hydrogens (primary N) is 1. The van der Waals surface area contributed by atoms with Gasteiger partial charge in [-0.15, -0.1) is 0 Å². The van der Waals surface area contributed by atoms with Gasteiger partial charge in [0.25, 0.3) is 0 Å². The van der Waals surface area contributed by atoms with E-state index in [9.17, 15) is 9.18 Å². The van der Waals surface area contributed by atoms with Gasteiger partial charge in [-0.2, -0.15) is 17.7 Å². The third-order valence-electron chi connectivity index (χ3n) is 4.43. The summed E-state index contributed by atoms with van der Waals surface area (Å²) in [5.41, 5.74) is 8.03. The number of amides is 1. The first-order chi connectivity index (χ1) is 14.5. The Morgan fingerprint density at radius 3 is 2.57 bits per heavy atom. The van der Waals surface area contributed by atoms with E-state index in [-0.39, 0.29) is 16.3 Å². The number of hydrogen-bond donors (Lipinski definition) is 2. The van der Waals surface area contributed by atoms with Crippen molar-refractivity contribution in [3.63, 3.8) is 0 Å². The van der Waals surface area contributed by atoms with Gasteiger partial charge in [0, 0.05) is 22.7 Å². The van der Waals surface area contributed by atoms with E-state index in [4.69, 9.17) is 21.8 Å².